The predicted octanol–water partition coefficient (Wildman–Crippen LogP) is 3.38. The van der Waals surface area contributed by atoms with Crippen LogP contribution in [0.2, 0.25) is 0 Å². The fourth-order valence-electron chi connectivity index (χ4n) is 1.46. The van der Waals surface area contributed by atoms with Crippen molar-refractivity contribution < 1.29 is 9.13 Å². The molecule has 0 saturated heterocycles. The summed E-state index contributed by atoms with van der Waals surface area (Å²) in [5, 5.41) is 0. The average Bonchev–Trinajstić information content (AvgIpc) is 2.38. The lowest BCUT2D eigenvalue weighted by molar-refractivity contribution is 0.259. The number of hydrogen-bond donors (Lipinski definition) is 0. The average molecular weight is 225 g/mol. The van der Waals surface area contributed by atoms with E-state index in [2.05, 4.69) is 12.0 Å². The SMILES string of the molecule is C#CC(Oc1cc[c]cc1)c1ccccc1F. The highest BCUT2D eigenvalue weighted by Gasteiger charge is 2.14. The Morgan fingerprint density at radius 1 is 1.18 bits per heavy atom. The van der Waals surface area contributed by atoms with Crippen LogP contribution in [0.3, 0.4) is 0 Å². The second-order valence-electron chi connectivity index (χ2n) is 3.42. The smallest absolute Gasteiger partial charge is 0.186 e. The summed E-state index contributed by atoms with van der Waals surface area (Å²) in [4.78, 5) is 0. The highest BCUT2D eigenvalue weighted by Crippen LogP contribution is 2.22. The summed E-state index contributed by atoms with van der Waals surface area (Å²) in [5.41, 5.74) is 0.364. The highest BCUT2D eigenvalue weighted by atomic mass is 19.1. The molecule has 0 spiro atoms. The molecule has 1 radical (unpaired) electrons. The molecule has 83 valence electrons. The number of ether oxygens (including phenoxy) is 1. The molecule has 2 rings (SSSR count). The van der Waals surface area contributed by atoms with Gasteiger partial charge in [-0.2, -0.15) is 0 Å². The minimum absolute atomic E-state index is 0.363. The lowest BCUT2D eigenvalue weighted by Crippen LogP contribution is -2.07. The Bertz CT molecular complexity index is 528. The zero-order valence-corrected chi connectivity index (χ0v) is 9.06. The van der Waals surface area contributed by atoms with Crippen molar-refractivity contribution in [2.24, 2.45) is 0 Å². The summed E-state index contributed by atoms with van der Waals surface area (Å²) in [5.74, 6) is 2.66. The molecule has 2 heteroatoms. The summed E-state index contributed by atoms with van der Waals surface area (Å²) < 4.78 is 19.1. The largest absolute Gasteiger partial charge is 0.473 e. The minimum Gasteiger partial charge on any atom is -0.473 e. The third-order valence-corrected chi connectivity index (χ3v) is 2.28. The van der Waals surface area contributed by atoms with Crippen LogP contribution in [0.4, 0.5) is 4.39 Å². The lowest BCUT2D eigenvalue weighted by Gasteiger charge is -2.14. The Morgan fingerprint density at radius 2 is 1.88 bits per heavy atom. The first kappa shape index (κ1) is 11.2. The van der Waals surface area contributed by atoms with Crippen molar-refractivity contribution in [2.45, 2.75) is 6.10 Å². The van der Waals surface area contributed by atoms with E-state index < -0.39 is 6.10 Å². The molecule has 0 N–H and O–H groups in total. The Hall–Kier alpha value is -2.27. The topological polar surface area (TPSA) is 9.23 Å². The Labute approximate surface area is 99.9 Å². The van der Waals surface area contributed by atoms with E-state index >= 15 is 0 Å². The van der Waals surface area contributed by atoms with Gasteiger partial charge >= 0.3 is 0 Å². The van der Waals surface area contributed by atoms with Crippen molar-refractivity contribution in [3.8, 4) is 18.1 Å². The fraction of sp³-hybridized carbons (Fsp3) is 0.0667. The van der Waals surface area contributed by atoms with Crippen LogP contribution in [-0.2, 0) is 0 Å². The standard InChI is InChI=1S/C15H10FO/c1-2-15(13-10-6-7-11-14(13)16)17-12-8-4-3-5-9-12/h1,4-11,15H. The molecule has 0 aliphatic carbocycles. The van der Waals surface area contributed by atoms with Crippen LogP contribution < -0.4 is 4.74 Å². The van der Waals surface area contributed by atoms with E-state index in [1.807, 2.05) is 0 Å². The van der Waals surface area contributed by atoms with Gasteiger partial charge in [0, 0.05) is 5.56 Å². The molecule has 1 nitrogen and oxygen atoms in total. The first-order valence-corrected chi connectivity index (χ1v) is 5.14. The van der Waals surface area contributed by atoms with Crippen LogP contribution in [0.25, 0.3) is 0 Å². The third-order valence-electron chi connectivity index (χ3n) is 2.28. The van der Waals surface area contributed by atoms with Crippen LogP contribution in [-0.4, -0.2) is 0 Å². The zero-order chi connectivity index (χ0) is 12.1. The first-order chi connectivity index (χ1) is 8.31. The summed E-state index contributed by atoms with van der Waals surface area (Å²) >= 11 is 0. The molecule has 0 bridgehead atoms. The normalized spacial score (nSPS) is 11.5. The maximum atomic E-state index is 13.5. The third kappa shape index (κ3) is 2.64. The number of benzene rings is 2. The van der Waals surface area contributed by atoms with Crippen molar-refractivity contribution in [2.75, 3.05) is 0 Å². The predicted molar refractivity (Wildman–Crippen MR) is 63.9 cm³/mol. The van der Waals surface area contributed by atoms with E-state index in [1.165, 1.54) is 6.07 Å². The molecule has 2 aromatic carbocycles. The number of rotatable bonds is 3. The Morgan fingerprint density at radius 3 is 2.53 bits per heavy atom. The number of terminal acetylenes is 1. The molecule has 1 unspecified atom stereocenters. The number of hydrogen-bond acceptors (Lipinski definition) is 1. The maximum Gasteiger partial charge on any atom is 0.186 e. The lowest BCUT2D eigenvalue weighted by atomic mass is 10.1. The molecule has 0 aromatic heterocycles. The molecule has 0 amide bonds. The Kier molecular flexibility index (Phi) is 3.42. The molecule has 1 atom stereocenters. The quantitative estimate of drug-likeness (QED) is 0.727. The Balaban J connectivity index is 2.25. The highest BCUT2D eigenvalue weighted by molar-refractivity contribution is 5.29. The van der Waals surface area contributed by atoms with Crippen LogP contribution in [0, 0.1) is 24.2 Å². The van der Waals surface area contributed by atoms with Gasteiger partial charge in [-0.1, -0.05) is 36.3 Å². The molecule has 0 aliphatic heterocycles. The zero-order valence-electron chi connectivity index (χ0n) is 9.06. The van der Waals surface area contributed by atoms with Gasteiger partial charge in [-0.25, -0.2) is 4.39 Å². The van der Waals surface area contributed by atoms with Crippen molar-refractivity contribution in [1.82, 2.24) is 0 Å². The van der Waals surface area contributed by atoms with Crippen molar-refractivity contribution >= 4 is 0 Å². The molecule has 0 heterocycles. The van der Waals surface area contributed by atoms with Crippen LogP contribution in [0.1, 0.15) is 11.7 Å². The summed E-state index contributed by atoms with van der Waals surface area (Å²) in [6, 6.07) is 16.1. The monoisotopic (exact) mass is 225 g/mol. The van der Waals surface area contributed by atoms with Gasteiger partial charge < -0.3 is 4.74 Å². The van der Waals surface area contributed by atoms with Crippen molar-refractivity contribution in [1.29, 1.82) is 0 Å². The molecular formula is C15H10FO. The van der Waals surface area contributed by atoms with Gasteiger partial charge in [0.1, 0.15) is 11.6 Å². The van der Waals surface area contributed by atoms with Gasteiger partial charge in [-0.05, 0) is 24.3 Å². The van der Waals surface area contributed by atoms with Crippen LogP contribution in [0.15, 0.2) is 48.5 Å². The molecule has 17 heavy (non-hydrogen) atoms. The molecule has 0 aliphatic rings. The van der Waals surface area contributed by atoms with E-state index in [4.69, 9.17) is 11.2 Å². The van der Waals surface area contributed by atoms with Gasteiger partial charge in [-0.15, -0.1) is 6.42 Å². The van der Waals surface area contributed by atoms with Gasteiger partial charge in [0.25, 0.3) is 0 Å². The van der Waals surface area contributed by atoms with Crippen LogP contribution >= 0.6 is 0 Å². The van der Waals surface area contributed by atoms with Gasteiger partial charge in [0.15, 0.2) is 6.10 Å². The second kappa shape index (κ2) is 5.18. The van der Waals surface area contributed by atoms with Gasteiger partial charge in [0.2, 0.25) is 0 Å². The fourth-order valence-corrected chi connectivity index (χ4v) is 1.46. The summed E-state index contributed by atoms with van der Waals surface area (Å²) in [6.07, 6.45) is 4.65. The summed E-state index contributed by atoms with van der Waals surface area (Å²) in [7, 11) is 0. The van der Waals surface area contributed by atoms with Crippen LogP contribution in [0.5, 0.6) is 5.75 Å². The van der Waals surface area contributed by atoms with Crippen molar-refractivity contribution in [3.05, 3.63) is 66.0 Å². The van der Waals surface area contributed by atoms with Gasteiger partial charge in [-0.3, -0.25) is 0 Å². The molecule has 2 aromatic rings. The molecule has 0 saturated carbocycles. The molecule has 0 fully saturated rings. The number of halogens is 1. The van der Waals surface area contributed by atoms with E-state index in [0.29, 0.717) is 11.3 Å². The maximum absolute atomic E-state index is 13.5. The van der Waals surface area contributed by atoms with Crippen molar-refractivity contribution in [3.63, 3.8) is 0 Å². The van der Waals surface area contributed by atoms with E-state index in [9.17, 15) is 4.39 Å². The second-order valence-corrected chi connectivity index (χ2v) is 3.42. The van der Waals surface area contributed by atoms with E-state index in [0.717, 1.165) is 0 Å². The van der Waals surface area contributed by atoms with E-state index in [1.54, 1.807) is 42.5 Å². The molecular weight excluding hydrogens is 215 g/mol. The van der Waals surface area contributed by atoms with E-state index in [-0.39, 0.29) is 5.82 Å². The first-order valence-electron chi connectivity index (χ1n) is 5.14. The minimum atomic E-state index is -0.724. The van der Waals surface area contributed by atoms with Gasteiger partial charge in [0.05, 0.1) is 0 Å². The summed E-state index contributed by atoms with van der Waals surface area (Å²) in [6.45, 7) is 0.